The van der Waals surface area contributed by atoms with Crippen molar-refractivity contribution in [3.8, 4) is 0 Å². The number of amides is 1. The van der Waals surface area contributed by atoms with E-state index in [0.29, 0.717) is 22.9 Å². The predicted molar refractivity (Wildman–Crippen MR) is 134 cm³/mol. The fourth-order valence-corrected chi connectivity index (χ4v) is 4.24. The van der Waals surface area contributed by atoms with Crippen LogP contribution < -0.4 is 21.5 Å². The van der Waals surface area contributed by atoms with Gasteiger partial charge < -0.3 is 16.0 Å². The molecule has 2 aromatic heterocycles. The van der Waals surface area contributed by atoms with E-state index in [0.717, 1.165) is 49.1 Å². The molecule has 2 aromatic carbocycles. The average molecular weight is 506 g/mol. The minimum absolute atomic E-state index is 0.0543. The van der Waals surface area contributed by atoms with Crippen LogP contribution in [0.1, 0.15) is 34.3 Å². The summed E-state index contributed by atoms with van der Waals surface area (Å²) in [7, 11) is 0. The average Bonchev–Trinajstić information content (AvgIpc) is 2.91. The van der Waals surface area contributed by atoms with Crippen LogP contribution in [0.25, 0.3) is 11.0 Å². The van der Waals surface area contributed by atoms with Gasteiger partial charge in [-0.2, -0.15) is 0 Å². The van der Waals surface area contributed by atoms with Gasteiger partial charge in [0.15, 0.2) is 11.6 Å². The lowest BCUT2D eigenvalue weighted by atomic mass is 10.1. The smallest absolute Gasteiger partial charge is 0.266 e. The lowest BCUT2D eigenvalue weighted by Crippen LogP contribution is -2.35. The molecule has 0 atom stereocenters. The van der Waals surface area contributed by atoms with Gasteiger partial charge in [0.25, 0.3) is 11.5 Å². The number of fused-ring (bicyclic) bond motifs is 1. The summed E-state index contributed by atoms with van der Waals surface area (Å²) in [6, 6.07) is 9.22. The number of benzene rings is 2. The third kappa shape index (κ3) is 5.78. The maximum atomic E-state index is 13.5. The van der Waals surface area contributed by atoms with Gasteiger partial charge in [-0.25, -0.2) is 18.7 Å². The summed E-state index contributed by atoms with van der Waals surface area (Å²) in [6.45, 7) is 2.05. The molecular formula is C26H25F2N7O2. The van der Waals surface area contributed by atoms with E-state index >= 15 is 0 Å². The highest BCUT2D eigenvalue weighted by Gasteiger charge is 2.15. The molecule has 1 fully saturated rings. The van der Waals surface area contributed by atoms with Crippen LogP contribution in [-0.2, 0) is 13.1 Å². The zero-order valence-electron chi connectivity index (χ0n) is 19.9. The molecule has 1 aliphatic heterocycles. The molecule has 37 heavy (non-hydrogen) atoms. The van der Waals surface area contributed by atoms with Crippen molar-refractivity contribution in [2.75, 3.05) is 18.4 Å². The number of aromatic nitrogens is 4. The largest absolute Gasteiger partial charge is 0.366 e. The van der Waals surface area contributed by atoms with Crippen molar-refractivity contribution in [1.29, 1.82) is 0 Å². The van der Waals surface area contributed by atoms with E-state index in [1.807, 2.05) is 18.2 Å². The van der Waals surface area contributed by atoms with Gasteiger partial charge in [0.05, 0.1) is 30.1 Å². The van der Waals surface area contributed by atoms with E-state index in [4.69, 9.17) is 0 Å². The number of hydrogen-bond acceptors (Lipinski definition) is 7. The van der Waals surface area contributed by atoms with Crippen molar-refractivity contribution in [1.82, 2.24) is 30.2 Å². The van der Waals surface area contributed by atoms with E-state index < -0.39 is 23.1 Å². The Labute approximate surface area is 211 Å². The molecular weight excluding hydrogens is 480 g/mol. The number of anilines is 1. The van der Waals surface area contributed by atoms with E-state index in [1.165, 1.54) is 23.2 Å². The first kappa shape index (κ1) is 24.4. The van der Waals surface area contributed by atoms with E-state index in [9.17, 15) is 18.4 Å². The summed E-state index contributed by atoms with van der Waals surface area (Å²) in [6.07, 6.45) is 6.19. The molecule has 0 radical (unpaired) electrons. The second-order valence-electron chi connectivity index (χ2n) is 8.92. The first-order valence-electron chi connectivity index (χ1n) is 12.0. The normalized spacial score (nSPS) is 14.0. The minimum atomic E-state index is -1.01. The van der Waals surface area contributed by atoms with E-state index in [-0.39, 0.29) is 18.7 Å². The van der Waals surface area contributed by atoms with Gasteiger partial charge >= 0.3 is 0 Å². The zero-order chi connectivity index (χ0) is 25.8. The van der Waals surface area contributed by atoms with Gasteiger partial charge in [-0.15, -0.1) is 0 Å². The fourth-order valence-electron chi connectivity index (χ4n) is 4.24. The SMILES string of the molecule is O=C(NCc1ccc2ncc(NC3CCNCC3)nc2c1)c1cncn(Cc2ccc(F)c(F)c2)c1=O. The van der Waals surface area contributed by atoms with Crippen molar-refractivity contribution < 1.29 is 13.6 Å². The second kappa shape index (κ2) is 10.8. The second-order valence-corrected chi connectivity index (χ2v) is 8.92. The Morgan fingerprint density at radius 1 is 1.03 bits per heavy atom. The molecule has 3 heterocycles. The van der Waals surface area contributed by atoms with Crippen LogP contribution in [0.2, 0.25) is 0 Å². The van der Waals surface area contributed by atoms with Crippen LogP contribution in [0.3, 0.4) is 0 Å². The van der Waals surface area contributed by atoms with Crippen LogP contribution >= 0.6 is 0 Å². The molecule has 0 unspecified atom stereocenters. The number of carbonyl (C=O) groups excluding carboxylic acids is 1. The molecule has 9 nitrogen and oxygen atoms in total. The Morgan fingerprint density at radius 3 is 2.65 bits per heavy atom. The minimum Gasteiger partial charge on any atom is -0.366 e. The topological polar surface area (TPSA) is 114 Å². The van der Waals surface area contributed by atoms with Crippen LogP contribution in [-0.4, -0.2) is 44.6 Å². The highest BCUT2D eigenvalue weighted by Crippen LogP contribution is 2.17. The molecule has 1 saturated heterocycles. The number of halogens is 2. The highest BCUT2D eigenvalue weighted by atomic mass is 19.2. The van der Waals surface area contributed by atoms with Crippen molar-refractivity contribution in [3.63, 3.8) is 0 Å². The molecule has 5 rings (SSSR count). The molecule has 1 aliphatic rings. The van der Waals surface area contributed by atoms with Crippen LogP contribution in [0.15, 0.2) is 59.9 Å². The lowest BCUT2D eigenvalue weighted by Gasteiger charge is -2.24. The quantitative estimate of drug-likeness (QED) is 0.354. The van der Waals surface area contributed by atoms with Crippen molar-refractivity contribution >= 4 is 22.8 Å². The Bertz CT molecular complexity index is 1500. The number of piperidine rings is 1. The van der Waals surface area contributed by atoms with Crippen LogP contribution in [0, 0.1) is 11.6 Å². The highest BCUT2D eigenvalue weighted by molar-refractivity contribution is 5.93. The summed E-state index contributed by atoms with van der Waals surface area (Å²) < 4.78 is 27.9. The summed E-state index contributed by atoms with van der Waals surface area (Å²) in [5.41, 5.74) is 1.85. The number of nitrogens with one attached hydrogen (secondary N) is 3. The molecule has 0 saturated carbocycles. The third-order valence-electron chi connectivity index (χ3n) is 6.23. The Kier molecular flexibility index (Phi) is 7.13. The summed E-state index contributed by atoms with van der Waals surface area (Å²) in [5, 5.41) is 9.50. The molecule has 0 spiro atoms. The van der Waals surface area contributed by atoms with Crippen molar-refractivity contribution in [2.45, 2.75) is 32.0 Å². The maximum absolute atomic E-state index is 13.5. The van der Waals surface area contributed by atoms with Gasteiger partial charge in [0, 0.05) is 18.8 Å². The summed E-state index contributed by atoms with van der Waals surface area (Å²) in [4.78, 5) is 38.7. The molecule has 0 bridgehead atoms. The number of nitrogens with zero attached hydrogens (tertiary/aromatic N) is 4. The van der Waals surface area contributed by atoms with Gasteiger partial charge in [-0.3, -0.25) is 19.1 Å². The van der Waals surface area contributed by atoms with Crippen LogP contribution in [0.5, 0.6) is 0 Å². The Balaban J connectivity index is 1.27. The van der Waals surface area contributed by atoms with Crippen LogP contribution in [0.4, 0.5) is 14.6 Å². The van der Waals surface area contributed by atoms with E-state index in [2.05, 4.69) is 30.9 Å². The van der Waals surface area contributed by atoms with Gasteiger partial charge in [-0.05, 0) is 61.3 Å². The monoisotopic (exact) mass is 505 g/mol. The molecule has 1 amide bonds. The Morgan fingerprint density at radius 2 is 1.84 bits per heavy atom. The van der Waals surface area contributed by atoms with E-state index in [1.54, 1.807) is 6.20 Å². The van der Waals surface area contributed by atoms with Gasteiger partial charge in [0.1, 0.15) is 11.4 Å². The molecule has 11 heteroatoms. The third-order valence-corrected chi connectivity index (χ3v) is 6.23. The van der Waals surface area contributed by atoms with Crippen molar-refractivity contribution in [2.24, 2.45) is 0 Å². The van der Waals surface area contributed by atoms with Crippen molar-refractivity contribution in [3.05, 3.63) is 93.8 Å². The first-order chi connectivity index (χ1) is 18.0. The molecule has 3 N–H and O–H groups in total. The standard InChI is InChI=1S/C26H25F2N7O2/c27-20-3-1-17(9-21(20)28)14-35-15-30-12-19(26(35)37)25(36)32-11-16-2-4-22-23(10-16)34-24(13-31-22)33-18-5-7-29-8-6-18/h1-4,9-10,12-13,15,18,29H,5-8,11,14H2,(H,32,36)(H,33,34). The number of hydrogen-bond donors (Lipinski definition) is 3. The van der Waals surface area contributed by atoms with Gasteiger partial charge in [-0.1, -0.05) is 12.1 Å². The Hall–Kier alpha value is -4.25. The summed E-state index contributed by atoms with van der Waals surface area (Å²) in [5.74, 6) is -1.87. The zero-order valence-corrected chi connectivity index (χ0v) is 19.9. The molecule has 0 aliphatic carbocycles. The van der Waals surface area contributed by atoms with Gasteiger partial charge in [0.2, 0.25) is 0 Å². The fraction of sp³-hybridized carbons (Fsp3) is 0.269. The molecule has 190 valence electrons. The molecule has 4 aromatic rings. The first-order valence-corrected chi connectivity index (χ1v) is 12.0. The number of carbonyl (C=O) groups is 1. The predicted octanol–water partition coefficient (Wildman–Crippen LogP) is 2.61. The lowest BCUT2D eigenvalue weighted by molar-refractivity contribution is 0.0948. The number of rotatable bonds is 7. The summed E-state index contributed by atoms with van der Waals surface area (Å²) >= 11 is 0. The maximum Gasteiger partial charge on any atom is 0.266 e.